The first-order chi connectivity index (χ1) is 6.60. The molecule has 3 N–H and O–H groups in total. The minimum atomic E-state index is -0.492. The van der Waals surface area contributed by atoms with Crippen LogP contribution in [0.3, 0.4) is 0 Å². The molecule has 0 atom stereocenters. The Hall–Kier alpha value is -1.98. The largest absolute Gasteiger partial charge is 0.494 e. The number of nitrogens with one attached hydrogen (secondary N) is 1. The number of nitrogen functional groups attached to an aromatic ring is 1. The van der Waals surface area contributed by atoms with Gasteiger partial charge >= 0.3 is 0 Å². The minimum absolute atomic E-state index is 0.0569. The molecule has 0 aromatic heterocycles. The first-order valence-corrected chi connectivity index (χ1v) is 3.89. The number of benzene rings is 1. The van der Waals surface area contributed by atoms with Crippen molar-refractivity contribution >= 4 is 17.1 Å². The van der Waals surface area contributed by atoms with Crippen LogP contribution in [0.5, 0.6) is 5.75 Å². The van der Waals surface area contributed by atoms with Crippen LogP contribution in [0.15, 0.2) is 12.1 Å². The summed E-state index contributed by atoms with van der Waals surface area (Å²) >= 11 is 0. The Morgan fingerprint density at radius 2 is 2.21 bits per heavy atom. The number of nitro groups is 1. The number of anilines is 2. The zero-order valence-electron chi connectivity index (χ0n) is 7.90. The SMILES string of the molecule is CNc1cc(N)c(OC)cc1[N+](=O)[O-]. The van der Waals surface area contributed by atoms with E-state index in [0.717, 1.165) is 0 Å². The van der Waals surface area contributed by atoms with Gasteiger partial charge < -0.3 is 15.8 Å². The molecule has 0 saturated heterocycles. The molecule has 1 aromatic rings. The predicted octanol–water partition coefficient (Wildman–Crippen LogP) is 1.23. The molecule has 6 nitrogen and oxygen atoms in total. The fourth-order valence-electron chi connectivity index (χ4n) is 1.11. The van der Waals surface area contributed by atoms with E-state index >= 15 is 0 Å². The lowest BCUT2D eigenvalue weighted by atomic mass is 10.2. The second-order valence-corrected chi connectivity index (χ2v) is 2.62. The second kappa shape index (κ2) is 3.82. The van der Waals surface area contributed by atoms with E-state index in [0.29, 0.717) is 17.1 Å². The molecule has 1 aromatic carbocycles. The highest BCUT2D eigenvalue weighted by atomic mass is 16.6. The maximum absolute atomic E-state index is 10.6. The number of hydrogen-bond acceptors (Lipinski definition) is 5. The zero-order chi connectivity index (χ0) is 10.7. The van der Waals surface area contributed by atoms with E-state index < -0.39 is 4.92 Å². The van der Waals surface area contributed by atoms with Crippen LogP contribution in [0.2, 0.25) is 0 Å². The third-order valence-electron chi connectivity index (χ3n) is 1.81. The molecule has 0 unspecified atom stereocenters. The highest BCUT2D eigenvalue weighted by Crippen LogP contribution is 2.33. The number of nitrogens with zero attached hydrogens (tertiary/aromatic N) is 1. The van der Waals surface area contributed by atoms with Crippen LogP contribution in [-0.4, -0.2) is 19.1 Å². The van der Waals surface area contributed by atoms with Crippen molar-refractivity contribution in [3.8, 4) is 5.75 Å². The normalized spacial score (nSPS) is 9.57. The van der Waals surface area contributed by atoms with Gasteiger partial charge in [0.1, 0.15) is 11.4 Å². The maximum Gasteiger partial charge on any atom is 0.296 e. The predicted molar refractivity (Wildman–Crippen MR) is 53.6 cm³/mol. The van der Waals surface area contributed by atoms with Gasteiger partial charge in [-0.05, 0) is 6.07 Å². The molecular formula is C8H11N3O3. The van der Waals surface area contributed by atoms with Gasteiger partial charge in [-0.3, -0.25) is 10.1 Å². The van der Waals surface area contributed by atoms with Crippen LogP contribution >= 0.6 is 0 Å². The number of ether oxygens (including phenoxy) is 1. The van der Waals surface area contributed by atoms with Gasteiger partial charge in [0.2, 0.25) is 0 Å². The summed E-state index contributed by atoms with van der Waals surface area (Å²) in [5.41, 5.74) is 6.26. The van der Waals surface area contributed by atoms with Gasteiger partial charge in [-0.15, -0.1) is 0 Å². The van der Waals surface area contributed by atoms with E-state index in [9.17, 15) is 10.1 Å². The third kappa shape index (κ3) is 1.68. The lowest BCUT2D eigenvalue weighted by Crippen LogP contribution is -2.00. The molecule has 0 fully saturated rings. The van der Waals surface area contributed by atoms with E-state index in [4.69, 9.17) is 10.5 Å². The Labute approximate surface area is 80.8 Å². The highest BCUT2D eigenvalue weighted by Gasteiger charge is 2.16. The summed E-state index contributed by atoms with van der Waals surface area (Å²) in [6.07, 6.45) is 0. The van der Waals surface area contributed by atoms with Crippen LogP contribution < -0.4 is 15.8 Å². The third-order valence-corrected chi connectivity index (χ3v) is 1.81. The smallest absolute Gasteiger partial charge is 0.296 e. The monoisotopic (exact) mass is 197 g/mol. The van der Waals surface area contributed by atoms with Crippen molar-refractivity contribution in [3.05, 3.63) is 22.2 Å². The standard InChI is InChI=1S/C8H11N3O3/c1-10-6-3-5(9)8(14-2)4-7(6)11(12)13/h3-4,10H,9H2,1-2H3. The molecular weight excluding hydrogens is 186 g/mol. The van der Waals surface area contributed by atoms with Gasteiger partial charge in [0.05, 0.1) is 23.8 Å². The van der Waals surface area contributed by atoms with Crippen molar-refractivity contribution in [1.82, 2.24) is 0 Å². The van der Waals surface area contributed by atoms with Gasteiger partial charge in [-0.2, -0.15) is 0 Å². The summed E-state index contributed by atoms with van der Waals surface area (Å²) in [6.45, 7) is 0. The Bertz CT molecular complexity index is 365. The molecule has 0 aliphatic rings. The molecule has 0 aliphatic carbocycles. The van der Waals surface area contributed by atoms with Crippen LogP contribution in [0.1, 0.15) is 0 Å². The quantitative estimate of drug-likeness (QED) is 0.432. The van der Waals surface area contributed by atoms with Crippen LogP contribution in [0.4, 0.5) is 17.1 Å². The molecule has 0 aliphatic heterocycles. The first kappa shape index (κ1) is 10.1. The van der Waals surface area contributed by atoms with Crippen LogP contribution in [-0.2, 0) is 0 Å². The van der Waals surface area contributed by atoms with Crippen molar-refractivity contribution in [2.45, 2.75) is 0 Å². The first-order valence-electron chi connectivity index (χ1n) is 3.89. The van der Waals surface area contributed by atoms with E-state index in [1.54, 1.807) is 7.05 Å². The molecule has 0 heterocycles. The molecule has 0 spiro atoms. The Morgan fingerprint density at radius 1 is 1.57 bits per heavy atom. The van der Waals surface area contributed by atoms with Crippen molar-refractivity contribution in [1.29, 1.82) is 0 Å². The van der Waals surface area contributed by atoms with E-state index in [1.807, 2.05) is 0 Å². The molecule has 0 amide bonds. The summed E-state index contributed by atoms with van der Waals surface area (Å²) in [4.78, 5) is 10.1. The summed E-state index contributed by atoms with van der Waals surface area (Å²) in [5.74, 6) is 0.302. The van der Waals surface area contributed by atoms with E-state index in [1.165, 1.54) is 19.2 Å². The lowest BCUT2D eigenvalue weighted by molar-refractivity contribution is -0.384. The number of rotatable bonds is 3. The Kier molecular flexibility index (Phi) is 2.76. The van der Waals surface area contributed by atoms with E-state index in [-0.39, 0.29) is 5.69 Å². The molecule has 76 valence electrons. The van der Waals surface area contributed by atoms with Gasteiger partial charge in [-0.1, -0.05) is 0 Å². The van der Waals surface area contributed by atoms with Gasteiger partial charge in [0.15, 0.2) is 0 Å². The lowest BCUT2D eigenvalue weighted by Gasteiger charge is -2.07. The second-order valence-electron chi connectivity index (χ2n) is 2.62. The van der Waals surface area contributed by atoms with Gasteiger partial charge in [0, 0.05) is 7.05 Å². The van der Waals surface area contributed by atoms with Crippen molar-refractivity contribution in [2.75, 3.05) is 25.2 Å². The van der Waals surface area contributed by atoms with Crippen molar-refractivity contribution < 1.29 is 9.66 Å². The molecule has 14 heavy (non-hydrogen) atoms. The molecule has 1 rings (SSSR count). The van der Waals surface area contributed by atoms with Crippen molar-refractivity contribution in [2.24, 2.45) is 0 Å². The van der Waals surface area contributed by atoms with Crippen molar-refractivity contribution in [3.63, 3.8) is 0 Å². The number of nitro benzene ring substituents is 1. The Balaban J connectivity index is 3.32. The molecule has 0 bridgehead atoms. The van der Waals surface area contributed by atoms with E-state index in [2.05, 4.69) is 5.32 Å². The summed E-state index contributed by atoms with van der Waals surface area (Å²) < 4.78 is 4.88. The number of nitrogens with two attached hydrogens (primary N) is 1. The molecule has 0 saturated carbocycles. The summed E-state index contributed by atoms with van der Waals surface area (Å²) in [6, 6.07) is 2.76. The molecule has 0 radical (unpaired) electrons. The fourth-order valence-corrected chi connectivity index (χ4v) is 1.11. The maximum atomic E-state index is 10.6. The zero-order valence-corrected chi connectivity index (χ0v) is 7.90. The Morgan fingerprint density at radius 3 is 2.64 bits per heavy atom. The van der Waals surface area contributed by atoms with Gasteiger partial charge in [-0.25, -0.2) is 0 Å². The van der Waals surface area contributed by atoms with Crippen LogP contribution in [0.25, 0.3) is 0 Å². The summed E-state index contributed by atoms with van der Waals surface area (Å²) in [5, 5.41) is 13.3. The average Bonchev–Trinajstić information content (AvgIpc) is 2.16. The van der Waals surface area contributed by atoms with Gasteiger partial charge in [0.25, 0.3) is 5.69 Å². The summed E-state index contributed by atoms with van der Waals surface area (Å²) in [7, 11) is 3.00. The number of hydrogen-bond donors (Lipinski definition) is 2. The minimum Gasteiger partial charge on any atom is -0.494 e. The average molecular weight is 197 g/mol. The number of methoxy groups -OCH3 is 1. The topological polar surface area (TPSA) is 90.4 Å². The fraction of sp³-hybridized carbons (Fsp3) is 0.250. The highest BCUT2D eigenvalue weighted by molar-refractivity contribution is 5.72. The molecule has 6 heteroatoms. The van der Waals surface area contributed by atoms with Crippen LogP contribution in [0, 0.1) is 10.1 Å².